The molecule has 1 aromatic carbocycles. The van der Waals surface area contributed by atoms with Crippen LogP contribution in [0, 0.1) is 29.0 Å². The van der Waals surface area contributed by atoms with Gasteiger partial charge in [0.15, 0.2) is 0 Å². The second-order valence-corrected chi connectivity index (χ2v) is 4.87. The van der Waals surface area contributed by atoms with Crippen LogP contribution in [0.3, 0.4) is 0 Å². The van der Waals surface area contributed by atoms with Crippen LogP contribution in [-0.4, -0.2) is 29.2 Å². The van der Waals surface area contributed by atoms with E-state index in [1.54, 1.807) is 6.07 Å². The Morgan fingerprint density at radius 1 is 1.40 bits per heavy atom. The summed E-state index contributed by atoms with van der Waals surface area (Å²) in [5.74, 6) is 5.03. The van der Waals surface area contributed by atoms with Gasteiger partial charge in [0.25, 0.3) is 0 Å². The van der Waals surface area contributed by atoms with Gasteiger partial charge < -0.3 is 5.11 Å². The van der Waals surface area contributed by atoms with Crippen molar-refractivity contribution < 1.29 is 9.50 Å². The summed E-state index contributed by atoms with van der Waals surface area (Å²) in [6, 6.07) is 7.25. The molecule has 0 bridgehead atoms. The second kappa shape index (κ2) is 7.05. The van der Waals surface area contributed by atoms with Crippen LogP contribution in [0.25, 0.3) is 0 Å². The summed E-state index contributed by atoms with van der Waals surface area (Å²) in [6.45, 7) is 1.16. The first-order valence-electron chi connectivity index (χ1n) is 6.73. The molecule has 0 spiro atoms. The maximum absolute atomic E-state index is 13.3. The minimum Gasteiger partial charge on any atom is -0.384 e. The van der Waals surface area contributed by atoms with Crippen molar-refractivity contribution in [2.24, 2.45) is 0 Å². The fraction of sp³-hybridized carbons (Fsp3) is 0.438. The Kier molecular flexibility index (Phi) is 5.12. The molecular formula is C16H17FN2O. The van der Waals surface area contributed by atoms with E-state index >= 15 is 0 Å². The molecule has 1 saturated carbocycles. The van der Waals surface area contributed by atoms with Crippen LogP contribution in [0.2, 0.25) is 0 Å². The predicted molar refractivity (Wildman–Crippen MR) is 74.0 cm³/mol. The largest absolute Gasteiger partial charge is 0.384 e. The van der Waals surface area contributed by atoms with Crippen LogP contribution < -0.4 is 0 Å². The Labute approximate surface area is 118 Å². The number of aliphatic hydroxyl groups excluding tert-OH is 1. The van der Waals surface area contributed by atoms with E-state index in [4.69, 9.17) is 10.4 Å². The van der Waals surface area contributed by atoms with Gasteiger partial charge in [-0.2, -0.15) is 5.26 Å². The van der Waals surface area contributed by atoms with E-state index in [2.05, 4.69) is 22.8 Å². The Hall–Kier alpha value is -1.88. The zero-order valence-electron chi connectivity index (χ0n) is 11.3. The lowest BCUT2D eigenvalue weighted by atomic mass is 10.1. The van der Waals surface area contributed by atoms with Gasteiger partial charge in [0.2, 0.25) is 0 Å². The van der Waals surface area contributed by atoms with E-state index in [0.29, 0.717) is 24.6 Å². The van der Waals surface area contributed by atoms with E-state index in [-0.39, 0.29) is 12.4 Å². The Bertz CT molecular complexity index is 564. The lowest BCUT2D eigenvalue weighted by Crippen LogP contribution is -2.27. The molecular weight excluding hydrogens is 255 g/mol. The van der Waals surface area contributed by atoms with Crippen LogP contribution in [0.15, 0.2) is 18.2 Å². The number of aliphatic hydroxyl groups is 1. The summed E-state index contributed by atoms with van der Waals surface area (Å²) in [4.78, 5) is 2.25. The first kappa shape index (κ1) is 14.5. The quantitative estimate of drug-likeness (QED) is 0.834. The summed E-state index contributed by atoms with van der Waals surface area (Å²) < 4.78 is 13.3. The molecule has 2 rings (SSSR count). The number of hydrogen-bond donors (Lipinski definition) is 1. The Morgan fingerprint density at radius 2 is 2.20 bits per heavy atom. The maximum atomic E-state index is 13.3. The lowest BCUT2D eigenvalue weighted by Gasteiger charge is -2.21. The van der Waals surface area contributed by atoms with Crippen LogP contribution in [-0.2, 0) is 6.54 Å². The molecule has 0 amide bonds. The topological polar surface area (TPSA) is 47.3 Å². The number of halogens is 1. The highest BCUT2D eigenvalue weighted by Gasteiger charge is 2.28. The average Bonchev–Trinajstić information content (AvgIpc) is 3.27. The van der Waals surface area contributed by atoms with E-state index in [1.807, 2.05) is 0 Å². The average molecular weight is 272 g/mol. The fourth-order valence-electron chi connectivity index (χ4n) is 2.18. The summed E-state index contributed by atoms with van der Waals surface area (Å²) in [5, 5.41) is 17.5. The lowest BCUT2D eigenvalue weighted by molar-refractivity contribution is 0.260. The van der Waals surface area contributed by atoms with Crippen molar-refractivity contribution in [2.75, 3.05) is 13.2 Å². The molecule has 0 aromatic heterocycles. The highest BCUT2D eigenvalue weighted by atomic mass is 19.1. The van der Waals surface area contributed by atoms with Gasteiger partial charge in [-0.05, 0) is 30.5 Å². The molecule has 0 aliphatic heterocycles. The number of rotatable bonds is 5. The molecule has 0 saturated heterocycles. The third-order valence-corrected chi connectivity index (χ3v) is 3.32. The van der Waals surface area contributed by atoms with Crippen molar-refractivity contribution >= 4 is 0 Å². The molecule has 4 heteroatoms. The van der Waals surface area contributed by atoms with Gasteiger partial charge in [-0.15, -0.1) is 0 Å². The van der Waals surface area contributed by atoms with Crippen molar-refractivity contribution in [3.63, 3.8) is 0 Å². The molecule has 0 unspecified atom stereocenters. The summed E-state index contributed by atoms with van der Waals surface area (Å²) in [6.07, 6.45) is 2.81. The smallest absolute Gasteiger partial charge is 0.124 e. The van der Waals surface area contributed by atoms with E-state index in [0.717, 1.165) is 24.9 Å². The highest BCUT2D eigenvalue weighted by Crippen LogP contribution is 2.29. The van der Waals surface area contributed by atoms with E-state index in [9.17, 15) is 4.39 Å². The molecule has 3 nitrogen and oxygen atoms in total. The molecule has 1 N–H and O–H groups in total. The zero-order chi connectivity index (χ0) is 14.4. The molecule has 0 atom stereocenters. The molecule has 104 valence electrons. The van der Waals surface area contributed by atoms with Gasteiger partial charge in [-0.3, -0.25) is 4.90 Å². The van der Waals surface area contributed by atoms with Crippen molar-refractivity contribution in [2.45, 2.75) is 31.8 Å². The zero-order valence-corrected chi connectivity index (χ0v) is 11.3. The normalized spacial score (nSPS) is 13.7. The van der Waals surface area contributed by atoms with E-state index < -0.39 is 0 Å². The SMILES string of the molecule is N#CCCN(Cc1ccc(F)cc1C#CCO)C1CC1. The molecule has 20 heavy (non-hydrogen) atoms. The number of hydrogen-bond acceptors (Lipinski definition) is 3. The minimum atomic E-state index is -0.328. The van der Waals surface area contributed by atoms with Crippen molar-refractivity contribution in [1.82, 2.24) is 4.90 Å². The highest BCUT2D eigenvalue weighted by molar-refractivity contribution is 5.41. The monoisotopic (exact) mass is 272 g/mol. The van der Waals surface area contributed by atoms with Crippen molar-refractivity contribution in [3.05, 3.63) is 35.1 Å². The van der Waals surface area contributed by atoms with Crippen molar-refractivity contribution in [3.8, 4) is 17.9 Å². The van der Waals surface area contributed by atoms with Crippen molar-refractivity contribution in [1.29, 1.82) is 5.26 Å². The maximum Gasteiger partial charge on any atom is 0.124 e. The third kappa shape index (κ3) is 4.06. The van der Waals surface area contributed by atoms with Gasteiger partial charge in [0, 0.05) is 31.1 Å². The molecule has 1 fully saturated rings. The van der Waals surface area contributed by atoms with Crippen LogP contribution in [0.5, 0.6) is 0 Å². The van der Waals surface area contributed by atoms with Crippen LogP contribution in [0.4, 0.5) is 4.39 Å². The Balaban J connectivity index is 2.16. The summed E-state index contributed by atoms with van der Waals surface area (Å²) >= 11 is 0. The molecule has 1 aliphatic carbocycles. The number of benzene rings is 1. The second-order valence-electron chi connectivity index (χ2n) is 4.87. The molecule has 0 heterocycles. The van der Waals surface area contributed by atoms with Gasteiger partial charge in [-0.25, -0.2) is 4.39 Å². The molecule has 1 aliphatic rings. The van der Waals surface area contributed by atoms with Gasteiger partial charge >= 0.3 is 0 Å². The first-order valence-corrected chi connectivity index (χ1v) is 6.73. The molecule has 0 radical (unpaired) electrons. The fourth-order valence-corrected chi connectivity index (χ4v) is 2.18. The first-order chi connectivity index (χ1) is 9.74. The minimum absolute atomic E-state index is 0.239. The Morgan fingerprint density at radius 3 is 2.85 bits per heavy atom. The summed E-state index contributed by atoms with van der Waals surface area (Å²) in [7, 11) is 0. The predicted octanol–water partition coefficient (Wildman–Crippen LogP) is 2.05. The van der Waals surface area contributed by atoms with Gasteiger partial charge in [-0.1, -0.05) is 17.9 Å². The van der Waals surface area contributed by atoms with Gasteiger partial charge in [0.05, 0.1) is 6.07 Å². The van der Waals surface area contributed by atoms with Crippen LogP contribution >= 0.6 is 0 Å². The van der Waals surface area contributed by atoms with Gasteiger partial charge in [0.1, 0.15) is 12.4 Å². The number of nitrogens with zero attached hydrogens (tertiary/aromatic N) is 2. The summed E-state index contributed by atoms with van der Waals surface area (Å²) in [5.41, 5.74) is 1.55. The van der Waals surface area contributed by atoms with Crippen LogP contribution in [0.1, 0.15) is 30.4 Å². The van der Waals surface area contributed by atoms with E-state index in [1.165, 1.54) is 12.1 Å². The number of nitriles is 1. The molecule has 1 aromatic rings. The third-order valence-electron chi connectivity index (χ3n) is 3.32. The standard InChI is InChI=1S/C16H17FN2O/c17-15-5-4-14(13(11-15)3-1-10-20)12-19(9-2-8-18)16-6-7-16/h4-5,11,16,20H,2,6-7,9-10,12H2.